The Labute approximate surface area is 85.7 Å². The molecule has 0 unspecified atom stereocenters. The van der Waals surface area contributed by atoms with E-state index in [4.69, 9.17) is 0 Å². The number of hydrogen-bond acceptors (Lipinski definition) is 2. The van der Waals surface area contributed by atoms with Gasteiger partial charge in [0.25, 0.3) is 6.43 Å². The largest absolute Gasteiger partial charge is 0.315 e. The Balaban J connectivity index is 3.10. The molecule has 0 heterocycles. The lowest BCUT2D eigenvalue weighted by Crippen LogP contribution is -2.32. The molecule has 0 atom stereocenters. The van der Waals surface area contributed by atoms with Crippen LogP contribution in [-0.4, -0.2) is 44.6 Å². The monoisotopic (exact) mass is 208 g/mol. The summed E-state index contributed by atoms with van der Waals surface area (Å²) in [5, 5.41) is 3.24. The fourth-order valence-corrected chi connectivity index (χ4v) is 1.22. The van der Waals surface area contributed by atoms with Crippen LogP contribution in [0, 0.1) is 0 Å². The average molecular weight is 208 g/mol. The number of rotatable bonds is 9. The van der Waals surface area contributed by atoms with Gasteiger partial charge in [0.1, 0.15) is 0 Å². The van der Waals surface area contributed by atoms with Crippen LogP contribution in [0.25, 0.3) is 0 Å². The van der Waals surface area contributed by atoms with Crippen LogP contribution in [0.15, 0.2) is 0 Å². The van der Waals surface area contributed by atoms with Crippen LogP contribution in [0.2, 0.25) is 0 Å². The van der Waals surface area contributed by atoms with E-state index in [0.717, 1.165) is 13.1 Å². The van der Waals surface area contributed by atoms with Crippen LogP contribution in [0.1, 0.15) is 26.2 Å². The van der Waals surface area contributed by atoms with Crippen molar-refractivity contribution in [1.82, 2.24) is 10.2 Å². The number of nitrogens with zero attached hydrogens (tertiary/aromatic N) is 1. The normalized spacial score (nSPS) is 11.6. The molecule has 0 bridgehead atoms. The highest BCUT2D eigenvalue weighted by Gasteiger charge is 2.06. The maximum absolute atomic E-state index is 11.9. The van der Waals surface area contributed by atoms with Crippen molar-refractivity contribution in [3.8, 4) is 0 Å². The van der Waals surface area contributed by atoms with Crippen molar-refractivity contribution < 1.29 is 8.78 Å². The predicted molar refractivity (Wildman–Crippen MR) is 55.9 cm³/mol. The summed E-state index contributed by atoms with van der Waals surface area (Å²) in [6, 6.07) is 0. The summed E-state index contributed by atoms with van der Waals surface area (Å²) in [5.41, 5.74) is 0. The van der Waals surface area contributed by atoms with Gasteiger partial charge in [-0.2, -0.15) is 0 Å². The molecule has 0 aliphatic heterocycles. The van der Waals surface area contributed by atoms with E-state index in [2.05, 4.69) is 12.2 Å². The number of halogens is 2. The van der Waals surface area contributed by atoms with Gasteiger partial charge in [0.15, 0.2) is 0 Å². The Bertz CT molecular complexity index is 121. The molecule has 4 heteroatoms. The molecule has 0 fully saturated rings. The van der Waals surface area contributed by atoms with Gasteiger partial charge in [-0.1, -0.05) is 19.8 Å². The predicted octanol–water partition coefficient (Wildman–Crippen LogP) is 1.96. The first-order chi connectivity index (χ1) is 6.66. The van der Waals surface area contributed by atoms with Crippen LogP contribution in [-0.2, 0) is 0 Å². The Morgan fingerprint density at radius 2 is 1.93 bits per heavy atom. The van der Waals surface area contributed by atoms with Gasteiger partial charge in [0.2, 0.25) is 0 Å². The SMILES string of the molecule is CCCCCNCCN(C)CC(F)F. The molecular formula is C10H22F2N2. The van der Waals surface area contributed by atoms with Crippen LogP contribution in [0.4, 0.5) is 8.78 Å². The van der Waals surface area contributed by atoms with Crippen LogP contribution < -0.4 is 5.32 Å². The van der Waals surface area contributed by atoms with Crippen LogP contribution in [0.3, 0.4) is 0 Å². The molecule has 0 rings (SSSR count). The van der Waals surface area contributed by atoms with Crippen molar-refractivity contribution in [1.29, 1.82) is 0 Å². The van der Waals surface area contributed by atoms with E-state index >= 15 is 0 Å². The fourth-order valence-electron chi connectivity index (χ4n) is 1.22. The van der Waals surface area contributed by atoms with Gasteiger partial charge in [-0.25, -0.2) is 8.78 Å². The van der Waals surface area contributed by atoms with Gasteiger partial charge in [-0.15, -0.1) is 0 Å². The zero-order chi connectivity index (χ0) is 10.8. The van der Waals surface area contributed by atoms with E-state index in [1.807, 2.05) is 0 Å². The van der Waals surface area contributed by atoms with Crippen molar-refractivity contribution >= 4 is 0 Å². The van der Waals surface area contributed by atoms with Gasteiger partial charge in [0, 0.05) is 13.1 Å². The maximum atomic E-state index is 11.9. The highest BCUT2D eigenvalue weighted by atomic mass is 19.3. The molecule has 0 aliphatic carbocycles. The molecule has 86 valence electrons. The second-order valence-electron chi connectivity index (χ2n) is 3.61. The minimum Gasteiger partial charge on any atom is -0.315 e. The van der Waals surface area contributed by atoms with Crippen molar-refractivity contribution in [2.75, 3.05) is 33.2 Å². The van der Waals surface area contributed by atoms with E-state index in [1.165, 1.54) is 19.3 Å². The molecule has 0 spiro atoms. The van der Waals surface area contributed by atoms with Crippen molar-refractivity contribution in [2.24, 2.45) is 0 Å². The first kappa shape index (κ1) is 13.8. The summed E-state index contributed by atoms with van der Waals surface area (Å²) in [6.07, 6.45) is 1.40. The minimum atomic E-state index is -2.22. The Kier molecular flexibility index (Phi) is 9.19. The lowest BCUT2D eigenvalue weighted by Gasteiger charge is -2.15. The zero-order valence-corrected chi connectivity index (χ0v) is 9.23. The zero-order valence-electron chi connectivity index (χ0n) is 9.23. The number of nitrogens with one attached hydrogen (secondary N) is 1. The third-order valence-electron chi connectivity index (χ3n) is 2.08. The topological polar surface area (TPSA) is 15.3 Å². The molecule has 0 aromatic heterocycles. The van der Waals surface area contributed by atoms with E-state index in [9.17, 15) is 8.78 Å². The molecule has 0 aromatic rings. The second-order valence-corrected chi connectivity index (χ2v) is 3.61. The molecule has 14 heavy (non-hydrogen) atoms. The average Bonchev–Trinajstić information content (AvgIpc) is 2.10. The van der Waals surface area contributed by atoms with Gasteiger partial charge >= 0.3 is 0 Å². The summed E-state index contributed by atoms with van der Waals surface area (Å²) in [4.78, 5) is 1.65. The second kappa shape index (κ2) is 9.34. The fraction of sp³-hybridized carbons (Fsp3) is 1.00. The number of likely N-dealkylation sites (N-methyl/N-ethyl adjacent to an activating group) is 1. The van der Waals surface area contributed by atoms with Crippen molar-refractivity contribution in [3.63, 3.8) is 0 Å². The minimum absolute atomic E-state index is 0.128. The Morgan fingerprint density at radius 3 is 2.50 bits per heavy atom. The van der Waals surface area contributed by atoms with E-state index in [0.29, 0.717) is 6.54 Å². The summed E-state index contributed by atoms with van der Waals surface area (Å²) in [6.45, 7) is 4.52. The smallest absolute Gasteiger partial charge is 0.251 e. The molecule has 1 N–H and O–H groups in total. The lowest BCUT2D eigenvalue weighted by molar-refractivity contribution is 0.101. The molecule has 0 radical (unpaired) electrons. The van der Waals surface area contributed by atoms with Gasteiger partial charge in [0.05, 0.1) is 6.54 Å². The highest BCUT2D eigenvalue weighted by Crippen LogP contribution is 1.94. The molecule has 2 nitrogen and oxygen atoms in total. The standard InChI is InChI=1S/C10H22F2N2/c1-3-4-5-6-13-7-8-14(2)9-10(11)12/h10,13H,3-9H2,1-2H3. The van der Waals surface area contributed by atoms with Gasteiger partial charge < -0.3 is 5.32 Å². The summed E-state index contributed by atoms with van der Waals surface area (Å²) in [5.74, 6) is 0. The maximum Gasteiger partial charge on any atom is 0.251 e. The third kappa shape index (κ3) is 9.86. The van der Waals surface area contributed by atoms with Crippen molar-refractivity contribution in [2.45, 2.75) is 32.6 Å². The lowest BCUT2D eigenvalue weighted by atomic mass is 10.2. The first-order valence-corrected chi connectivity index (χ1v) is 5.34. The first-order valence-electron chi connectivity index (χ1n) is 5.34. The van der Waals surface area contributed by atoms with E-state index < -0.39 is 6.43 Å². The molecular weight excluding hydrogens is 186 g/mol. The summed E-state index contributed by atoms with van der Waals surface area (Å²) >= 11 is 0. The molecule has 0 saturated carbocycles. The van der Waals surface area contributed by atoms with E-state index in [1.54, 1.807) is 11.9 Å². The molecule has 0 amide bonds. The van der Waals surface area contributed by atoms with Crippen molar-refractivity contribution in [3.05, 3.63) is 0 Å². The molecule has 0 saturated heterocycles. The van der Waals surface area contributed by atoms with Gasteiger partial charge in [-0.3, -0.25) is 4.90 Å². The quantitative estimate of drug-likeness (QED) is 0.583. The van der Waals surface area contributed by atoms with Crippen LogP contribution >= 0.6 is 0 Å². The summed E-state index contributed by atoms with van der Waals surface area (Å²) in [7, 11) is 1.72. The number of unbranched alkanes of at least 4 members (excludes halogenated alkanes) is 2. The number of alkyl halides is 2. The Morgan fingerprint density at radius 1 is 1.21 bits per heavy atom. The molecule has 0 aromatic carbocycles. The number of hydrogen-bond donors (Lipinski definition) is 1. The third-order valence-corrected chi connectivity index (χ3v) is 2.08. The Hall–Kier alpha value is -0.220. The van der Waals surface area contributed by atoms with Crippen LogP contribution in [0.5, 0.6) is 0 Å². The summed E-state index contributed by atoms with van der Waals surface area (Å²) < 4.78 is 23.8. The molecule has 0 aliphatic rings. The van der Waals surface area contributed by atoms with Gasteiger partial charge in [-0.05, 0) is 20.0 Å². The van der Waals surface area contributed by atoms with E-state index in [-0.39, 0.29) is 6.54 Å². The highest BCUT2D eigenvalue weighted by molar-refractivity contribution is 4.56.